The topological polar surface area (TPSA) is 102 Å². The van der Waals surface area contributed by atoms with E-state index in [0.29, 0.717) is 11.3 Å². The molecule has 1 aliphatic rings. The average Bonchev–Trinajstić information content (AvgIpc) is 3.03. The first-order valence-electron chi connectivity index (χ1n) is 9.48. The van der Waals surface area contributed by atoms with Gasteiger partial charge in [-0.25, -0.2) is 4.79 Å². The molecule has 166 valence electrons. The Hall–Kier alpha value is -3.30. The summed E-state index contributed by atoms with van der Waals surface area (Å²) in [6.45, 7) is 1.37. The maximum absolute atomic E-state index is 12.6. The van der Waals surface area contributed by atoms with Gasteiger partial charge in [0, 0.05) is 5.69 Å². The molecule has 32 heavy (non-hydrogen) atoms. The molecule has 0 atom stereocenters. The highest BCUT2D eigenvalue weighted by atomic mass is 35.5. The number of anilines is 1. The van der Waals surface area contributed by atoms with Crippen LogP contribution in [0.15, 0.2) is 47.4 Å². The van der Waals surface area contributed by atoms with E-state index in [1.54, 1.807) is 44.4 Å². The van der Waals surface area contributed by atoms with Crippen LogP contribution in [-0.2, 0) is 14.3 Å². The summed E-state index contributed by atoms with van der Waals surface area (Å²) < 4.78 is 10.0. The molecule has 10 heteroatoms. The molecule has 2 aromatic rings. The summed E-state index contributed by atoms with van der Waals surface area (Å²) in [5.41, 5.74) is 1.09. The lowest BCUT2D eigenvalue weighted by atomic mass is 10.2. The first-order valence-corrected chi connectivity index (χ1v) is 10.7. The minimum absolute atomic E-state index is 0.0971. The summed E-state index contributed by atoms with van der Waals surface area (Å²) in [5, 5.41) is 2.19. The Labute approximate surface area is 193 Å². The van der Waals surface area contributed by atoms with E-state index in [1.165, 1.54) is 18.2 Å². The molecule has 1 fully saturated rings. The zero-order valence-electron chi connectivity index (χ0n) is 17.2. The van der Waals surface area contributed by atoms with Crippen LogP contribution in [0.25, 0.3) is 6.08 Å². The van der Waals surface area contributed by atoms with E-state index in [-0.39, 0.29) is 27.8 Å². The number of hydrogen-bond donors (Lipinski definition) is 1. The van der Waals surface area contributed by atoms with E-state index in [4.69, 9.17) is 21.1 Å². The number of carbonyl (C=O) groups excluding carboxylic acids is 4. The second-order valence-electron chi connectivity index (χ2n) is 6.50. The molecule has 1 saturated heterocycles. The van der Waals surface area contributed by atoms with Crippen LogP contribution in [0.2, 0.25) is 5.02 Å². The predicted molar refractivity (Wildman–Crippen MR) is 122 cm³/mol. The first kappa shape index (κ1) is 23.4. The molecule has 1 aliphatic heterocycles. The van der Waals surface area contributed by atoms with Crippen LogP contribution in [0, 0.1) is 0 Å². The number of hydrogen-bond acceptors (Lipinski definition) is 7. The maximum Gasteiger partial charge on any atom is 0.339 e. The van der Waals surface area contributed by atoms with Gasteiger partial charge in [0.2, 0.25) is 5.91 Å². The normalized spacial score (nSPS) is 14.6. The number of ether oxygens (including phenoxy) is 2. The molecule has 1 heterocycles. The summed E-state index contributed by atoms with van der Waals surface area (Å²) >= 11 is 6.77. The van der Waals surface area contributed by atoms with Gasteiger partial charge in [-0.3, -0.25) is 19.3 Å². The predicted octanol–water partition coefficient (Wildman–Crippen LogP) is 4.20. The zero-order chi connectivity index (χ0) is 23.3. The number of imide groups is 1. The maximum atomic E-state index is 12.6. The van der Waals surface area contributed by atoms with E-state index in [1.807, 2.05) is 0 Å². The Kier molecular flexibility index (Phi) is 7.55. The van der Waals surface area contributed by atoms with Gasteiger partial charge in [0.1, 0.15) is 12.3 Å². The van der Waals surface area contributed by atoms with Gasteiger partial charge < -0.3 is 14.8 Å². The summed E-state index contributed by atoms with van der Waals surface area (Å²) in [5.74, 6) is -1.12. The first-order chi connectivity index (χ1) is 15.3. The summed E-state index contributed by atoms with van der Waals surface area (Å²) in [6, 6.07) is 11.3. The van der Waals surface area contributed by atoms with Crippen molar-refractivity contribution in [1.82, 2.24) is 4.90 Å². The summed E-state index contributed by atoms with van der Waals surface area (Å²) in [6.07, 6.45) is 1.58. The molecule has 8 nitrogen and oxygen atoms in total. The number of halogens is 1. The Balaban J connectivity index is 1.68. The smallest absolute Gasteiger partial charge is 0.339 e. The SMILES string of the molecule is CCOC(=O)c1cc(NC(=O)CN2C(=O)S/C(=C/c3ccc(OC)cc3)C2=O)ccc1Cl. The van der Waals surface area contributed by atoms with E-state index >= 15 is 0 Å². The van der Waals surface area contributed by atoms with Crippen molar-refractivity contribution >= 4 is 58.1 Å². The molecular formula is C22H19ClN2O6S. The molecule has 3 rings (SSSR count). The van der Waals surface area contributed by atoms with Gasteiger partial charge >= 0.3 is 5.97 Å². The molecule has 0 saturated carbocycles. The van der Waals surface area contributed by atoms with Crippen LogP contribution in [0.3, 0.4) is 0 Å². The van der Waals surface area contributed by atoms with Crippen LogP contribution < -0.4 is 10.1 Å². The molecule has 0 aliphatic carbocycles. The number of esters is 1. The van der Waals surface area contributed by atoms with Gasteiger partial charge in [-0.15, -0.1) is 0 Å². The van der Waals surface area contributed by atoms with E-state index in [0.717, 1.165) is 16.7 Å². The fourth-order valence-corrected chi connectivity index (χ4v) is 3.83. The number of thioether (sulfide) groups is 1. The summed E-state index contributed by atoms with van der Waals surface area (Å²) in [4.78, 5) is 50.4. The van der Waals surface area contributed by atoms with Crippen molar-refractivity contribution in [3.05, 3.63) is 63.5 Å². The lowest BCUT2D eigenvalue weighted by molar-refractivity contribution is -0.127. The molecule has 1 N–H and O–H groups in total. The molecule has 0 bridgehead atoms. The molecule has 0 unspecified atom stereocenters. The van der Waals surface area contributed by atoms with Gasteiger partial charge in [0.15, 0.2) is 0 Å². The van der Waals surface area contributed by atoms with E-state index in [2.05, 4.69) is 5.32 Å². The van der Waals surface area contributed by atoms with Crippen molar-refractivity contribution in [2.24, 2.45) is 0 Å². The van der Waals surface area contributed by atoms with Gasteiger partial charge in [-0.05, 0) is 60.7 Å². The lowest BCUT2D eigenvalue weighted by Crippen LogP contribution is -2.36. The number of benzene rings is 2. The van der Waals surface area contributed by atoms with Crippen LogP contribution in [0.4, 0.5) is 10.5 Å². The lowest BCUT2D eigenvalue weighted by Gasteiger charge is -2.13. The van der Waals surface area contributed by atoms with Crippen molar-refractivity contribution in [2.75, 3.05) is 25.6 Å². The Morgan fingerprint density at radius 2 is 1.88 bits per heavy atom. The monoisotopic (exact) mass is 474 g/mol. The number of carbonyl (C=O) groups is 4. The van der Waals surface area contributed by atoms with Crippen LogP contribution in [0.1, 0.15) is 22.8 Å². The van der Waals surface area contributed by atoms with Gasteiger partial charge in [-0.1, -0.05) is 23.7 Å². The Morgan fingerprint density at radius 1 is 1.16 bits per heavy atom. The Morgan fingerprint density at radius 3 is 2.53 bits per heavy atom. The van der Waals surface area contributed by atoms with Crippen molar-refractivity contribution < 1.29 is 28.7 Å². The number of amides is 3. The third-order valence-electron chi connectivity index (χ3n) is 4.33. The molecule has 0 spiro atoms. The van der Waals surface area contributed by atoms with Gasteiger partial charge in [0.25, 0.3) is 11.1 Å². The largest absolute Gasteiger partial charge is 0.497 e. The molecule has 3 amide bonds. The number of methoxy groups -OCH3 is 1. The Bertz CT molecular complexity index is 1100. The number of rotatable bonds is 7. The highest BCUT2D eigenvalue weighted by Gasteiger charge is 2.36. The average molecular weight is 475 g/mol. The van der Waals surface area contributed by atoms with Crippen LogP contribution >= 0.6 is 23.4 Å². The molecule has 0 radical (unpaired) electrons. The van der Waals surface area contributed by atoms with Crippen molar-refractivity contribution in [3.63, 3.8) is 0 Å². The van der Waals surface area contributed by atoms with Crippen molar-refractivity contribution in [1.29, 1.82) is 0 Å². The third-order valence-corrected chi connectivity index (χ3v) is 5.57. The standard InChI is InChI=1S/C22H19ClN2O6S/c1-3-31-21(28)16-11-14(6-9-17(16)23)24-19(26)12-25-20(27)18(32-22(25)29)10-13-4-7-15(30-2)8-5-13/h4-11H,3,12H2,1-2H3,(H,24,26)/b18-10+. The van der Waals surface area contributed by atoms with E-state index < -0.39 is 29.6 Å². The van der Waals surface area contributed by atoms with Crippen molar-refractivity contribution in [2.45, 2.75) is 6.92 Å². The summed E-state index contributed by atoms with van der Waals surface area (Å²) in [7, 11) is 1.55. The van der Waals surface area contributed by atoms with Crippen LogP contribution in [-0.4, -0.2) is 48.2 Å². The fraction of sp³-hybridized carbons (Fsp3) is 0.182. The molecule has 2 aromatic carbocycles. The number of nitrogens with zero attached hydrogens (tertiary/aromatic N) is 1. The van der Waals surface area contributed by atoms with Crippen molar-refractivity contribution in [3.8, 4) is 5.75 Å². The van der Waals surface area contributed by atoms with E-state index in [9.17, 15) is 19.2 Å². The van der Waals surface area contributed by atoms with Gasteiger partial charge in [0.05, 0.1) is 29.2 Å². The quantitative estimate of drug-likeness (QED) is 0.474. The number of nitrogens with one attached hydrogen (secondary N) is 1. The minimum atomic E-state index is -0.622. The highest BCUT2D eigenvalue weighted by Crippen LogP contribution is 2.32. The third kappa shape index (κ3) is 5.49. The highest BCUT2D eigenvalue weighted by molar-refractivity contribution is 8.18. The fourth-order valence-electron chi connectivity index (χ4n) is 2.80. The molecule has 0 aromatic heterocycles. The zero-order valence-corrected chi connectivity index (χ0v) is 18.8. The second-order valence-corrected chi connectivity index (χ2v) is 7.90. The molecular weight excluding hydrogens is 456 g/mol. The second kappa shape index (κ2) is 10.3. The van der Waals surface area contributed by atoms with Crippen LogP contribution in [0.5, 0.6) is 5.75 Å². The van der Waals surface area contributed by atoms with Gasteiger partial charge in [-0.2, -0.15) is 0 Å². The minimum Gasteiger partial charge on any atom is -0.497 e.